The number of hydrogen-bond acceptors (Lipinski definition) is 5. The van der Waals surface area contributed by atoms with Gasteiger partial charge in [-0.15, -0.1) is 0 Å². The van der Waals surface area contributed by atoms with E-state index >= 15 is 0 Å². The molecule has 3 heterocycles. The highest BCUT2D eigenvalue weighted by Gasteiger charge is 2.24. The number of fused-ring (bicyclic) bond motifs is 1. The van der Waals surface area contributed by atoms with Crippen LogP contribution in [-0.4, -0.2) is 26.2 Å². The van der Waals surface area contributed by atoms with Crippen molar-refractivity contribution in [3.05, 3.63) is 75.2 Å². The summed E-state index contributed by atoms with van der Waals surface area (Å²) in [6, 6.07) is 10.7. The number of pyridine rings is 1. The lowest BCUT2D eigenvalue weighted by molar-refractivity contribution is -0.384. The second-order valence-electron chi connectivity index (χ2n) is 6.09. The molecule has 0 amide bonds. The summed E-state index contributed by atoms with van der Waals surface area (Å²) in [6.07, 6.45) is 3.31. The summed E-state index contributed by atoms with van der Waals surface area (Å²) in [6.45, 7) is 2.77. The van der Waals surface area contributed by atoms with Crippen molar-refractivity contribution < 1.29 is 4.92 Å². The summed E-state index contributed by atoms with van der Waals surface area (Å²) >= 11 is 0. The van der Waals surface area contributed by atoms with Crippen molar-refractivity contribution in [2.75, 3.05) is 11.9 Å². The van der Waals surface area contributed by atoms with Gasteiger partial charge in [0.15, 0.2) is 0 Å². The van der Waals surface area contributed by atoms with Crippen LogP contribution in [0.25, 0.3) is 5.69 Å². The summed E-state index contributed by atoms with van der Waals surface area (Å²) in [4.78, 5) is 15.1. The first kappa shape index (κ1) is 15.3. The zero-order valence-corrected chi connectivity index (χ0v) is 13.8. The Balaban J connectivity index is 1.80. The Morgan fingerprint density at radius 3 is 2.96 bits per heavy atom. The number of anilines is 1. The number of nitrogens with zero attached hydrogens (tertiary/aromatic N) is 4. The number of non-ortho nitro benzene ring substituents is 1. The fourth-order valence-corrected chi connectivity index (χ4v) is 3.18. The summed E-state index contributed by atoms with van der Waals surface area (Å²) in [5, 5.41) is 19.2. The third-order valence-electron chi connectivity index (χ3n) is 4.44. The van der Waals surface area contributed by atoms with Crippen LogP contribution < -0.4 is 5.32 Å². The number of nitro benzene ring substituents is 1. The average Bonchev–Trinajstić information content (AvgIpc) is 3.20. The molecule has 2 aromatic heterocycles. The molecule has 0 saturated heterocycles. The van der Waals surface area contributed by atoms with Crippen molar-refractivity contribution in [3.8, 4) is 5.69 Å². The van der Waals surface area contributed by atoms with Gasteiger partial charge in [-0.1, -0.05) is 12.1 Å². The molecule has 0 radical (unpaired) electrons. The van der Waals surface area contributed by atoms with E-state index in [9.17, 15) is 10.1 Å². The molecule has 1 aromatic carbocycles. The van der Waals surface area contributed by atoms with Gasteiger partial charge >= 0.3 is 0 Å². The highest BCUT2D eigenvalue weighted by atomic mass is 16.6. The second kappa shape index (κ2) is 6.01. The number of benzene rings is 1. The Bertz CT molecular complexity index is 950. The van der Waals surface area contributed by atoms with Crippen LogP contribution in [0.1, 0.15) is 22.5 Å². The Morgan fingerprint density at radius 2 is 2.20 bits per heavy atom. The minimum atomic E-state index is -0.380. The van der Waals surface area contributed by atoms with E-state index in [1.807, 2.05) is 25.1 Å². The van der Waals surface area contributed by atoms with Crippen LogP contribution in [0.3, 0.4) is 0 Å². The summed E-state index contributed by atoms with van der Waals surface area (Å²) in [7, 11) is 0. The Hall–Kier alpha value is -3.22. The molecule has 0 unspecified atom stereocenters. The van der Waals surface area contributed by atoms with Gasteiger partial charge in [0.05, 0.1) is 16.3 Å². The van der Waals surface area contributed by atoms with Gasteiger partial charge in [-0.25, -0.2) is 4.68 Å². The van der Waals surface area contributed by atoms with Gasteiger partial charge in [0.1, 0.15) is 5.82 Å². The van der Waals surface area contributed by atoms with Gasteiger partial charge in [-0.3, -0.25) is 15.1 Å². The molecule has 0 fully saturated rings. The SMILES string of the molecule is Cc1ccc([N+](=O)[O-])cc1-n1nc(Cc2ccccn2)c2c1NCC2. The van der Waals surface area contributed by atoms with E-state index in [1.54, 1.807) is 23.0 Å². The van der Waals surface area contributed by atoms with Gasteiger partial charge in [-0.05, 0) is 31.0 Å². The van der Waals surface area contributed by atoms with Crippen molar-refractivity contribution in [3.63, 3.8) is 0 Å². The highest BCUT2D eigenvalue weighted by Crippen LogP contribution is 2.32. The third-order valence-corrected chi connectivity index (χ3v) is 4.44. The third kappa shape index (κ3) is 2.73. The first-order valence-corrected chi connectivity index (χ1v) is 8.13. The largest absolute Gasteiger partial charge is 0.369 e. The maximum absolute atomic E-state index is 11.1. The molecule has 1 aliphatic heterocycles. The maximum Gasteiger partial charge on any atom is 0.271 e. The van der Waals surface area contributed by atoms with E-state index in [1.165, 1.54) is 6.07 Å². The molecule has 0 saturated carbocycles. The van der Waals surface area contributed by atoms with Crippen LogP contribution >= 0.6 is 0 Å². The maximum atomic E-state index is 11.1. The quantitative estimate of drug-likeness (QED) is 0.585. The van der Waals surface area contributed by atoms with Crippen LogP contribution in [-0.2, 0) is 12.8 Å². The van der Waals surface area contributed by atoms with E-state index in [0.717, 1.165) is 47.0 Å². The van der Waals surface area contributed by atoms with E-state index in [4.69, 9.17) is 5.10 Å². The molecule has 7 heteroatoms. The molecule has 0 spiro atoms. The van der Waals surface area contributed by atoms with Gasteiger partial charge in [0, 0.05) is 42.6 Å². The molecule has 7 nitrogen and oxygen atoms in total. The van der Waals surface area contributed by atoms with Gasteiger partial charge < -0.3 is 5.32 Å². The molecule has 25 heavy (non-hydrogen) atoms. The molecule has 126 valence electrons. The summed E-state index contributed by atoms with van der Waals surface area (Å²) in [5.74, 6) is 0.925. The number of nitrogens with one attached hydrogen (secondary N) is 1. The van der Waals surface area contributed by atoms with E-state index in [-0.39, 0.29) is 10.6 Å². The molecule has 0 aliphatic carbocycles. The van der Waals surface area contributed by atoms with Crippen molar-refractivity contribution in [2.24, 2.45) is 0 Å². The average molecular weight is 335 g/mol. The molecule has 1 aliphatic rings. The van der Waals surface area contributed by atoms with Crippen LogP contribution in [0.2, 0.25) is 0 Å². The second-order valence-corrected chi connectivity index (χ2v) is 6.09. The molecule has 1 N–H and O–H groups in total. The zero-order chi connectivity index (χ0) is 17.4. The van der Waals surface area contributed by atoms with Crippen molar-refractivity contribution >= 4 is 11.5 Å². The number of hydrogen-bond donors (Lipinski definition) is 1. The predicted molar refractivity (Wildman–Crippen MR) is 94.2 cm³/mol. The minimum Gasteiger partial charge on any atom is -0.369 e. The van der Waals surface area contributed by atoms with Gasteiger partial charge in [-0.2, -0.15) is 5.10 Å². The molecule has 0 bridgehead atoms. The van der Waals surface area contributed by atoms with E-state index in [2.05, 4.69) is 10.3 Å². The van der Waals surface area contributed by atoms with Crippen LogP contribution in [0.5, 0.6) is 0 Å². The molecule has 0 atom stereocenters. The Morgan fingerprint density at radius 1 is 1.32 bits per heavy atom. The van der Waals surface area contributed by atoms with Crippen LogP contribution in [0.4, 0.5) is 11.5 Å². The van der Waals surface area contributed by atoms with Gasteiger partial charge in [0.25, 0.3) is 5.69 Å². The van der Waals surface area contributed by atoms with E-state index < -0.39 is 0 Å². The summed E-state index contributed by atoms with van der Waals surface area (Å²) < 4.78 is 1.79. The van der Waals surface area contributed by atoms with Crippen molar-refractivity contribution in [2.45, 2.75) is 19.8 Å². The topological polar surface area (TPSA) is 85.9 Å². The van der Waals surface area contributed by atoms with Crippen LogP contribution in [0.15, 0.2) is 42.6 Å². The normalized spacial score (nSPS) is 12.7. The first-order valence-electron chi connectivity index (χ1n) is 8.13. The molecule has 4 rings (SSSR count). The smallest absolute Gasteiger partial charge is 0.271 e. The van der Waals surface area contributed by atoms with E-state index in [0.29, 0.717) is 6.42 Å². The number of rotatable bonds is 4. The number of aryl methyl sites for hydroxylation is 1. The monoisotopic (exact) mass is 335 g/mol. The lowest BCUT2D eigenvalue weighted by Crippen LogP contribution is -2.07. The van der Waals surface area contributed by atoms with Crippen molar-refractivity contribution in [1.29, 1.82) is 0 Å². The fraction of sp³-hybridized carbons (Fsp3) is 0.222. The van der Waals surface area contributed by atoms with Crippen molar-refractivity contribution in [1.82, 2.24) is 14.8 Å². The lowest BCUT2D eigenvalue weighted by Gasteiger charge is -2.09. The molecular weight excluding hydrogens is 318 g/mol. The number of nitro groups is 1. The standard InChI is InChI=1S/C18H17N5O2/c1-12-5-6-14(23(24)25)11-17(12)22-18-15(7-9-20-18)16(21-22)10-13-4-2-3-8-19-13/h2-6,8,11,20H,7,9-10H2,1H3. The zero-order valence-electron chi connectivity index (χ0n) is 13.8. The number of aromatic nitrogens is 3. The fourth-order valence-electron chi connectivity index (χ4n) is 3.18. The lowest BCUT2D eigenvalue weighted by atomic mass is 10.1. The Labute approximate surface area is 144 Å². The molecule has 3 aromatic rings. The first-order chi connectivity index (χ1) is 12.1. The minimum absolute atomic E-state index is 0.0640. The molecular formula is C18H17N5O2. The Kier molecular flexibility index (Phi) is 3.68. The summed E-state index contributed by atoms with van der Waals surface area (Å²) in [5.41, 5.74) is 4.81. The van der Waals surface area contributed by atoms with Gasteiger partial charge in [0.2, 0.25) is 0 Å². The van der Waals surface area contributed by atoms with Crippen LogP contribution in [0, 0.1) is 17.0 Å². The highest BCUT2D eigenvalue weighted by molar-refractivity contribution is 5.60. The predicted octanol–water partition coefficient (Wildman–Crippen LogP) is 3.04.